The lowest BCUT2D eigenvalue weighted by molar-refractivity contribution is -0.136. The first kappa shape index (κ1) is 28.3. The van der Waals surface area contributed by atoms with Gasteiger partial charge < -0.3 is 34.7 Å². The standard InChI is InChI=1S/C27H34N4O7/c1-6-36-22-13-18(25-24(26(33)35-5)17(4)29-27(34)30-25)11-12-21(22)37-15-23(32)31-28-14-19-9-7-8-10-20(19)38-16(2)3/h7-14,16,23,25,31-32H,6,15H2,1-5H3,(H2,29,30,34)/b28-14+/t23-,25-/m0/s1. The lowest BCUT2D eigenvalue weighted by Gasteiger charge is -2.28. The number of aliphatic hydroxyl groups is 1. The molecule has 11 nitrogen and oxygen atoms in total. The molecule has 0 radical (unpaired) electrons. The van der Waals surface area contributed by atoms with Crippen LogP contribution in [-0.4, -0.2) is 56.0 Å². The van der Waals surface area contributed by atoms with Crippen molar-refractivity contribution >= 4 is 18.2 Å². The quantitative estimate of drug-likeness (QED) is 0.143. The van der Waals surface area contributed by atoms with Crippen molar-refractivity contribution in [3.8, 4) is 17.2 Å². The highest BCUT2D eigenvalue weighted by Gasteiger charge is 2.32. The third kappa shape index (κ3) is 7.39. The zero-order chi connectivity index (χ0) is 27.7. The summed E-state index contributed by atoms with van der Waals surface area (Å²) in [5.41, 5.74) is 4.66. The first-order valence-corrected chi connectivity index (χ1v) is 12.2. The molecule has 0 spiro atoms. The number of urea groups is 1. The number of nitrogens with zero attached hydrogens (tertiary/aromatic N) is 1. The summed E-state index contributed by atoms with van der Waals surface area (Å²) in [6.45, 7) is 7.55. The van der Waals surface area contributed by atoms with Crippen molar-refractivity contribution in [3.05, 3.63) is 64.9 Å². The fourth-order valence-electron chi connectivity index (χ4n) is 3.76. The second-order valence-electron chi connectivity index (χ2n) is 8.62. The summed E-state index contributed by atoms with van der Waals surface area (Å²) in [6.07, 6.45) is 0.461. The van der Waals surface area contributed by atoms with Gasteiger partial charge >= 0.3 is 12.0 Å². The Hall–Kier alpha value is -4.25. The first-order chi connectivity index (χ1) is 18.2. The Labute approximate surface area is 221 Å². The van der Waals surface area contributed by atoms with Crippen LogP contribution in [0.3, 0.4) is 0 Å². The Morgan fingerprint density at radius 1 is 1.16 bits per heavy atom. The molecule has 38 heavy (non-hydrogen) atoms. The predicted molar refractivity (Wildman–Crippen MR) is 141 cm³/mol. The maximum absolute atomic E-state index is 12.4. The van der Waals surface area contributed by atoms with Gasteiger partial charge in [0.2, 0.25) is 0 Å². The van der Waals surface area contributed by atoms with Crippen molar-refractivity contribution in [2.24, 2.45) is 5.10 Å². The number of aliphatic hydroxyl groups excluding tert-OH is 1. The molecule has 0 saturated heterocycles. The molecule has 0 saturated carbocycles. The molecule has 11 heteroatoms. The van der Waals surface area contributed by atoms with Gasteiger partial charge in [0.1, 0.15) is 12.4 Å². The third-order valence-electron chi connectivity index (χ3n) is 5.38. The van der Waals surface area contributed by atoms with E-state index >= 15 is 0 Å². The van der Waals surface area contributed by atoms with Crippen LogP contribution >= 0.6 is 0 Å². The number of allylic oxidation sites excluding steroid dienone is 1. The van der Waals surface area contributed by atoms with Crippen molar-refractivity contribution in [3.63, 3.8) is 0 Å². The Morgan fingerprint density at radius 2 is 1.92 bits per heavy atom. The molecule has 2 aromatic carbocycles. The van der Waals surface area contributed by atoms with Gasteiger partial charge in [0.25, 0.3) is 0 Å². The van der Waals surface area contributed by atoms with Crippen LogP contribution < -0.4 is 30.3 Å². The predicted octanol–water partition coefficient (Wildman–Crippen LogP) is 2.99. The minimum atomic E-state index is -1.11. The number of rotatable bonds is 12. The van der Waals surface area contributed by atoms with Crippen LogP contribution in [0.5, 0.6) is 17.2 Å². The monoisotopic (exact) mass is 526 g/mol. The van der Waals surface area contributed by atoms with Crippen LogP contribution in [0.2, 0.25) is 0 Å². The van der Waals surface area contributed by atoms with Gasteiger partial charge in [-0.25, -0.2) is 9.59 Å². The van der Waals surface area contributed by atoms with E-state index in [0.29, 0.717) is 35.1 Å². The van der Waals surface area contributed by atoms with Crippen LogP contribution in [0.15, 0.2) is 58.8 Å². The zero-order valence-corrected chi connectivity index (χ0v) is 22.1. The normalized spacial score (nSPS) is 16.1. The largest absolute Gasteiger partial charge is 0.490 e. The molecule has 0 fully saturated rings. The molecule has 0 bridgehead atoms. The van der Waals surface area contributed by atoms with Crippen molar-refractivity contribution in [1.82, 2.24) is 16.1 Å². The van der Waals surface area contributed by atoms with Gasteiger partial charge in [-0.1, -0.05) is 18.2 Å². The van der Waals surface area contributed by atoms with Gasteiger partial charge in [-0.05, 0) is 57.5 Å². The summed E-state index contributed by atoms with van der Waals surface area (Å²) >= 11 is 0. The molecule has 0 unspecified atom stereocenters. The minimum Gasteiger partial charge on any atom is -0.490 e. The summed E-state index contributed by atoms with van der Waals surface area (Å²) in [6, 6.07) is 11.3. The zero-order valence-electron chi connectivity index (χ0n) is 22.1. The lowest BCUT2D eigenvalue weighted by Crippen LogP contribution is -2.45. The summed E-state index contributed by atoms with van der Waals surface area (Å²) in [7, 11) is 1.28. The summed E-state index contributed by atoms with van der Waals surface area (Å²) in [4.78, 5) is 24.5. The fourth-order valence-corrected chi connectivity index (χ4v) is 3.76. The number of amides is 2. The van der Waals surface area contributed by atoms with Crippen molar-refractivity contribution in [2.45, 2.75) is 46.1 Å². The lowest BCUT2D eigenvalue weighted by atomic mass is 9.95. The van der Waals surface area contributed by atoms with E-state index in [1.54, 1.807) is 31.3 Å². The highest BCUT2D eigenvalue weighted by molar-refractivity contribution is 5.95. The van der Waals surface area contributed by atoms with Gasteiger partial charge in [-0.15, -0.1) is 0 Å². The Kier molecular flexibility index (Phi) is 9.94. The maximum Gasteiger partial charge on any atom is 0.337 e. The summed E-state index contributed by atoms with van der Waals surface area (Å²) in [5, 5.41) is 19.7. The van der Waals surface area contributed by atoms with Gasteiger partial charge in [0, 0.05) is 11.3 Å². The average Bonchev–Trinajstić information content (AvgIpc) is 2.88. The number of carbonyl (C=O) groups excluding carboxylic acids is 2. The number of ether oxygens (including phenoxy) is 4. The van der Waals surface area contributed by atoms with Gasteiger partial charge in [0.05, 0.1) is 37.7 Å². The molecule has 3 rings (SSSR count). The molecule has 1 heterocycles. The molecule has 204 valence electrons. The van der Waals surface area contributed by atoms with E-state index in [9.17, 15) is 14.7 Å². The van der Waals surface area contributed by atoms with Gasteiger partial charge in [-0.2, -0.15) is 5.10 Å². The highest BCUT2D eigenvalue weighted by Crippen LogP contribution is 2.34. The molecule has 1 aliphatic heterocycles. The Morgan fingerprint density at radius 3 is 2.63 bits per heavy atom. The van der Waals surface area contributed by atoms with Crippen molar-refractivity contribution in [2.75, 3.05) is 20.3 Å². The van der Waals surface area contributed by atoms with Gasteiger partial charge in [-0.3, -0.25) is 5.43 Å². The number of hydrazone groups is 1. The molecular formula is C27H34N4O7. The van der Waals surface area contributed by atoms with E-state index in [1.807, 2.05) is 45.0 Å². The number of para-hydroxylation sites is 1. The third-order valence-corrected chi connectivity index (χ3v) is 5.38. The smallest absolute Gasteiger partial charge is 0.337 e. The van der Waals surface area contributed by atoms with Crippen molar-refractivity contribution in [1.29, 1.82) is 0 Å². The number of nitrogens with one attached hydrogen (secondary N) is 3. The van der Waals surface area contributed by atoms with E-state index < -0.39 is 24.3 Å². The molecule has 2 amide bonds. The van der Waals surface area contributed by atoms with E-state index in [2.05, 4.69) is 21.2 Å². The van der Waals surface area contributed by atoms with E-state index in [-0.39, 0.29) is 18.3 Å². The minimum absolute atomic E-state index is 0.0144. The van der Waals surface area contributed by atoms with Crippen LogP contribution in [-0.2, 0) is 9.53 Å². The number of benzene rings is 2. The van der Waals surface area contributed by atoms with Crippen molar-refractivity contribution < 1.29 is 33.6 Å². The molecule has 1 aliphatic rings. The molecule has 2 atom stereocenters. The topological polar surface area (TPSA) is 140 Å². The Balaban J connectivity index is 1.70. The van der Waals surface area contributed by atoms with Crippen LogP contribution in [0, 0.1) is 0 Å². The number of esters is 1. The first-order valence-electron chi connectivity index (χ1n) is 12.2. The highest BCUT2D eigenvalue weighted by atomic mass is 16.5. The van der Waals surface area contributed by atoms with E-state index in [4.69, 9.17) is 18.9 Å². The molecule has 0 aromatic heterocycles. The number of hydrogen-bond donors (Lipinski definition) is 4. The summed E-state index contributed by atoms with van der Waals surface area (Å²) < 4.78 is 22.2. The second kappa shape index (κ2) is 13.3. The molecule has 0 aliphatic carbocycles. The van der Waals surface area contributed by atoms with Gasteiger partial charge in [0.15, 0.2) is 17.7 Å². The fraction of sp³-hybridized carbons (Fsp3) is 0.370. The molecule has 4 N–H and O–H groups in total. The number of hydrogen-bond acceptors (Lipinski definition) is 9. The average molecular weight is 527 g/mol. The second-order valence-corrected chi connectivity index (χ2v) is 8.62. The molecule has 2 aromatic rings. The SMILES string of the molecule is CCOc1cc([C@@H]2NC(=O)NC(C)=C2C(=O)OC)ccc1OC[C@H](O)N/N=C/c1ccccc1OC(C)C. The molecular weight excluding hydrogens is 492 g/mol. The van der Waals surface area contributed by atoms with E-state index in [0.717, 1.165) is 5.56 Å². The van der Waals surface area contributed by atoms with E-state index in [1.165, 1.54) is 7.11 Å². The van der Waals surface area contributed by atoms with Crippen LogP contribution in [0.25, 0.3) is 0 Å². The number of methoxy groups -OCH3 is 1. The maximum atomic E-state index is 12.4. The van der Waals surface area contributed by atoms with Crippen LogP contribution in [0.4, 0.5) is 4.79 Å². The summed E-state index contributed by atoms with van der Waals surface area (Å²) in [5.74, 6) is 0.879. The number of carbonyl (C=O) groups is 2. The van der Waals surface area contributed by atoms with Crippen LogP contribution in [0.1, 0.15) is 44.9 Å². The Bertz CT molecular complexity index is 1200.